The van der Waals surface area contributed by atoms with Gasteiger partial charge in [-0.25, -0.2) is 0 Å². The van der Waals surface area contributed by atoms with Crippen LogP contribution in [0, 0.1) is 0 Å². The molecule has 2 saturated heterocycles. The molecular formula is C17H27Cl2N3O2. The molecule has 0 aromatic heterocycles. The molecule has 1 N–H and O–H groups in total. The molecule has 1 amide bonds. The molecular weight excluding hydrogens is 349 g/mol. The van der Waals surface area contributed by atoms with E-state index in [1.807, 2.05) is 4.90 Å². The van der Waals surface area contributed by atoms with Crippen molar-refractivity contribution in [2.45, 2.75) is 12.8 Å². The Morgan fingerprint density at radius 1 is 1.00 bits per heavy atom. The third kappa shape index (κ3) is 5.81. The molecule has 0 spiro atoms. The lowest BCUT2D eigenvalue weighted by Gasteiger charge is -2.29. The summed E-state index contributed by atoms with van der Waals surface area (Å²) in [5, 5.41) is 3.37. The Kier molecular flexibility index (Phi) is 9.44. The number of anilines is 1. The predicted molar refractivity (Wildman–Crippen MR) is 102 cm³/mol. The van der Waals surface area contributed by atoms with Crippen LogP contribution < -0.4 is 10.2 Å². The summed E-state index contributed by atoms with van der Waals surface area (Å²) >= 11 is 0. The van der Waals surface area contributed by atoms with Gasteiger partial charge in [0.05, 0.1) is 13.2 Å². The first-order valence-electron chi connectivity index (χ1n) is 8.23. The number of hydrogen-bond acceptors (Lipinski definition) is 4. The van der Waals surface area contributed by atoms with Crippen LogP contribution in [0.5, 0.6) is 0 Å². The van der Waals surface area contributed by atoms with E-state index in [0.29, 0.717) is 19.6 Å². The van der Waals surface area contributed by atoms with Crippen molar-refractivity contribution in [3.8, 4) is 0 Å². The quantitative estimate of drug-likeness (QED) is 0.870. The van der Waals surface area contributed by atoms with E-state index >= 15 is 0 Å². The van der Waals surface area contributed by atoms with Crippen molar-refractivity contribution in [1.82, 2.24) is 10.2 Å². The highest BCUT2D eigenvalue weighted by molar-refractivity contribution is 5.85. The molecule has 2 aliphatic rings. The van der Waals surface area contributed by atoms with Crippen molar-refractivity contribution in [3.63, 3.8) is 0 Å². The van der Waals surface area contributed by atoms with Gasteiger partial charge in [-0.05, 0) is 24.1 Å². The van der Waals surface area contributed by atoms with Gasteiger partial charge in [-0.1, -0.05) is 12.1 Å². The normalized spacial score (nSPS) is 17.7. The molecule has 7 heteroatoms. The third-order valence-corrected chi connectivity index (χ3v) is 4.41. The second-order valence-electron chi connectivity index (χ2n) is 5.90. The lowest BCUT2D eigenvalue weighted by Crippen LogP contribution is -2.43. The van der Waals surface area contributed by atoms with E-state index in [-0.39, 0.29) is 30.7 Å². The van der Waals surface area contributed by atoms with Gasteiger partial charge in [0.1, 0.15) is 0 Å². The molecule has 2 fully saturated rings. The number of ether oxygens (including phenoxy) is 1. The van der Waals surface area contributed by atoms with E-state index in [2.05, 4.69) is 34.5 Å². The molecule has 0 radical (unpaired) electrons. The number of hydrogen-bond donors (Lipinski definition) is 1. The molecule has 2 heterocycles. The lowest BCUT2D eigenvalue weighted by molar-refractivity contribution is -0.135. The molecule has 1 aromatic rings. The number of piperazine rings is 1. The minimum Gasteiger partial charge on any atom is -0.378 e. The maximum atomic E-state index is 12.1. The van der Waals surface area contributed by atoms with Crippen LogP contribution in [-0.4, -0.2) is 63.3 Å². The van der Waals surface area contributed by atoms with Crippen molar-refractivity contribution in [2.75, 3.05) is 57.4 Å². The van der Waals surface area contributed by atoms with Crippen LogP contribution in [0.25, 0.3) is 0 Å². The SMILES string of the molecule is Cl.Cl.O=C(CCc1ccc(N2CCNCC2)cc1)N1CCOCC1. The van der Waals surface area contributed by atoms with Crippen molar-refractivity contribution in [3.05, 3.63) is 29.8 Å². The fourth-order valence-electron chi connectivity index (χ4n) is 3.02. The van der Waals surface area contributed by atoms with E-state index in [1.54, 1.807) is 0 Å². The molecule has 3 rings (SSSR count). The number of aryl methyl sites for hydroxylation is 1. The lowest BCUT2D eigenvalue weighted by atomic mass is 10.1. The number of carbonyl (C=O) groups excluding carboxylic acids is 1. The van der Waals surface area contributed by atoms with Gasteiger partial charge in [0.2, 0.25) is 5.91 Å². The van der Waals surface area contributed by atoms with Gasteiger partial charge in [0.25, 0.3) is 0 Å². The second-order valence-corrected chi connectivity index (χ2v) is 5.90. The molecule has 0 aliphatic carbocycles. The highest BCUT2D eigenvalue weighted by Crippen LogP contribution is 2.17. The Morgan fingerprint density at radius 3 is 2.25 bits per heavy atom. The van der Waals surface area contributed by atoms with Crippen LogP contribution in [0.4, 0.5) is 5.69 Å². The molecule has 0 saturated carbocycles. The largest absolute Gasteiger partial charge is 0.378 e. The molecule has 1 aromatic carbocycles. The Bertz CT molecular complexity index is 487. The molecule has 5 nitrogen and oxygen atoms in total. The van der Waals surface area contributed by atoms with Gasteiger partial charge in [-0.15, -0.1) is 24.8 Å². The minimum absolute atomic E-state index is 0. The zero-order valence-electron chi connectivity index (χ0n) is 13.9. The summed E-state index contributed by atoms with van der Waals surface area (Å²) in [7, 11) is 0. The Labute approximate surface area is 156 Å². The number of rotatable bonds is 4. The maximum Gasteiger partial charge on any atom is 0.223 e. The average Bonchev–Trinajstić information content (AvgIpc) is 2.61. The van der Waals surface area contributed by atoms with Gasteiger partial charge in [-0.3, -0.25) is 4.79 Å². The summed E-state index contributed by atoms with van der Waals surface area (Å²) < 4.78 is 5.28. The predicted octanol–water partition coefficient (Wildman–Crippen LogP) is 1.73. The van der Waals surface area contributed by atoms with Crippen molar-refractivity contribution in [2.24, 2.45) is 0 Å². The molecule has 2 aliphatic heterocycles. The number of morpholine rings is 1. The zero-order chi connectivity index (χ0) is 15.2. The van der Waals surface area contributed by atoms with E-state index in [9.17, 15) is 4.79 Å². The van der Waals surface area contributed by atoms with Gasteiger partial charge in [0, 0.05) is 51.4 Å². The summed E-state index contributed by atoms with van der Waals surface area (Å²) in [5.41, 5.74) is 2.52. The van der Waals surface area contributed by atoms with Crippen molar-refractivity contribution in [1.29, 1.82) is 0 Å². The highest BCUT2D eigenvalue weighted by atomic mass is 35.5. The van der Waals surface area contributed by atoms with Gasteiger partial charge in [-0.2, -0.15) is 0 Å². The van der Waals surface area contributed by atoms with Crippen molar-refractivity contribution < 1.29 is 9.53 Å². The zero-order valence-corrected chi connectivity index (χ0v) is 15.5. The van der Waals surface area contributed by atoms with E-state index in [4.69, 9.17) is 4.74 Å². The fourth-order valence-corrected chi connectivity index (χ4v) is 3.02. The first-order valence-corrected chi connectivity index (χ1v) is 8.23. The molecule has 136 valence electrons. The van der Waals surface area contributed by atoms with Gasteiger partial charge in [0.15, 0.2) is 0 Å². The van der Waals surface area contributed by atoms with Gasteiger partial charge < -0.3 is 19.9 Å². The van der Waals surface area contributed by atoms with E-state index in [1.165, 1.54) is 11.3 Å². The Hall–Kier alpha value is -1.01. The third-order valence-electron chi connectivity index (χ3n) is 4.41. The van der Waals surface area contributed by atoms with Crippen LogP contribution in [0.2, 0.25) is 0 Å². The summed E-state index contributed by atoms with van der Waals surface area (Å²) in [6.07, 6.45) is 1.41. The van der Waals surface area contributed by atoms with Crippen LogP contribution in [0.1, 0.15) is 12.0 Å². The number of carbonyl (C=O) groups is 1. The minimum atomic E-state index is 0. The Balaban J connectivity index is 0.00000144. The number of halogens is 2. The monoisotopic (exact) mass is 375 g/mol. The fraction of sp³-hybridized carbons (Fsp3) is 0.588. The Morgan fingerprint density at radius 2 is 1.62 bits per heavy atom. The van der Waals surface area contributed by atoms with E-state index < -0.39 is 0 Å². The maximum absolute atomic E-state index is 12.1. The van der Waals surface area contributed by atoms with Crippen molar-refractivity contribution >= 4 is 36.4 Å². The summed E-state index contributed by atoms with van der Waals surface area (Å²) in [4.78, 5) is 16.5. The number of amides is 1. The first kappa shape index (κ1) is 21.0. The smallest absolute Gasteiger partial charge is 0.223 e. The molecule has 0 atom stereocenters. The number of nitrogens with zero attached hydrogens (tertiary/aromatic N) is 2. The summed E-state index contributed by atoms with van der Waals surface area (Å²) in [5.74, 6) is 0.245. The van der Waals surface area contributed by atoms with Gasteiger partial charge >= 0.3 is 0 Å². The molecule has 0 unspecified atom stereocenters. The van der Waals surface area contributed by atoms with Crippen LogP contribution in [0.3, 0.4) is 0 Å². The standard InChI is InChI=1S/C17H25N3O2.2ClH/c21-17(20-11-13-22-14-12-20)6-3-15-1-4-16(5-2-15)19-9-7-18-8-10-19;;/h1-2,4-5,18H,3,6-14H2;2*1H. The number of nitrogens with one attached hydrogen (secondary N) is 1. The first-order chi connectivity index (χ1) is 10.8. The van der Waals surface area contributed by atoms with Crippen LogP contribution in [-0.2, 0) is 16.0 Å². The molecule has 24 heavy (non-hydrogen) atoms. The summed E-state index contributed by atoms with van der Waals surface area (Å²) in [6.45, 7) is 7.05. The van der Waals surface area contributed by atoms with E-state index in [0.717, 1.165) is 45.7 Å². The second kappa shape index (κ2) is 10.8. The molecule has 0 bridgehead atoms. The average molecular weight is 376 g/mol. The topological polar surface area (TPSA) is 44.8 Å². The van der Waals surface area contributed by atoms with Crippen LogP contribution >= 0.6 is 24.8 Å². The highest BCUT2D eigenvalue weighted by Gasteiger charge is 2.16. The number of benzene rings is 1. The summed E-state index contributed by atoms with van der Waals surface area (Å²) in [6, 6.07) is 8.67. The van der Waals surface area contributed by atoms with Crippen LogP contribution in [0.15, 0.2) is 24.3 Å².